The third-order valence-electron chi connectivity index (χ3n) is 4.17. The van der Waals surface area contributed by atoms with Crippen molar-refractivity contribution in [2.45, 2.75) is 38.4 Å². The third-order valence-corrected chi connectivity index (χ3v) is 4.17. The lowest BCUT2D eigenvalue weighted by atomic mass is 10.0. The molecule has 1 atom stereocenters. The summed E-state index contributed by atoms with van der Waals surface area (Å²) in [6.07, 6.45) is -1.45. The van der Waals surface area contributed by atoms with Crippen molar-refractivity contribution in [3.8, 4) is 11.5 Å². The van der Waals surface area contributed by atoms with Gasteiger partial charge in [-0.25, -0.2) is 4.79 Å². The van der Waals surface area contributed by atoms with E-state index in [0.29, 0.717) is 6.54 Å². The molecule has 0 spiro atoms. The summed E-state index contributed by atoms with van der Waals surface area (Å²) in [4.78, 5) is 24.1. The summed E-state index contributed by atoms with van der Waals surface area (Å²) in [7, 11) is 0. The van der Waals surface area contributed by atoms with Crippen LogP contribution in [0.5, 0.6) is 11.5 Å². The molecule has 2 N–H and O–H groups in total. The van der Waals surface area contributed by atoms with Crippen LogP contribution >= 0.6 is 0 Å². The number of piperidine rings is 1. The molecule has 1 aliphatic rings. The second kappa shape index (κ2) is 10.9. The lowest BCUT2D eigenvalue weighted by Gasteiger charge is -2.23. The molecule has 0 saturated carbocycles. The number of ether oxygens (including phenoxy) is 3. The Morgan fingerprint density at radius 1 is 1.24 bits per heavy atom. The van der Waals surface area contributed by atoms with Crippen LogP contribution in [0.15, 0.2) is 18.2 Å². The highest BCUT2D eigenvalue weighted by Crippen LogP contribution is 2.26. The number of alkyl halides is 3. The number of carbonyl (C=O) groups is 2. The molecule has 0 aliphatic carbocycles. The molecule has 1 amide bonds. The smallest absolute Gasteiger partial charge is 0.422 e. The molecule has 162 valence electrons. The van der Waals surface area contributed by atoms with E-state index in [0.717, 1.165) is 31.9 Å². The van der Waals surface area contributed by atoms with Crippen molar-refractivity contribution in [2.75, 3.05) is 32.9 Å². The summed E-state index contributed by atoms with van der Waals surface area (Å²) >= 11 is 0. The summed E-state index contributed by atoms with van der Waals surface area (Å²) in [6, 6.07) is 3.82. The molecule has 1 aromatic carbocycles. The Hall–Kier alpha value is -2.49. The summed E-state index contributed by atoms with van der Waals surface area (Å²) in [5, 5.41) is 6.03. The zero-order valence-electron chi connectivity index (χ0n) is 16.1. The van der Waals surface area contributed by atoms with Gasteiger partial charge >= 0.3 is 12.1 Å². The summed E-state index contributed by atoms with van der Waals surface area (Å²) in [5.41, 5.74) is -0.0233. The van der Waals surface area contributed by atoms with Crippen LogP contribution in [-0.2, 0) is 9.53 Å². The van der Waals surface area contributed by atoms with Gasteiger partial charge in [0, 0.05) is 12.6 Å². The van der Waals surface area contributed by atoms with E-state index in [-0.39, 0.29) is 29.7 Å². The van der Waals surface area contributed by atoms with Gasteiger partial charge in [-0.2, -0.15) is 13.2 Å². The zero-order chi connectivity index (χ0) is 21.3. The average molecular weight is 418 g/mol. The van der Waals surface area contributed by atoms with Crippen molar-refractivity contribution in [1.29, 1.82) is 0 Å². The minimum Gasteiger partial charge on any atom is -0.484 e. The molecule has 0 radical (unpaired) electrons. The van der Waals surface area contributed by atoms with E-state index in [2.05, 4.69) is 10.6 Å². The number of nitrogens with one attached hydrogen (secondary N) is 2. The van der Waals surface area contributed by atoms with E-state index in [9.17, 15) is 22.8 Å². The number of halogens is 3. The Labute approximate surface area is 166 Å². The average Bonchev–Trinajstić information content (AvgIpc) is 2.69. The number of rotatable bonds is 9. The van der Waals surface area contributed by atoms with Crippen molar-refractivity contribution < 1.29 is 37.0 Å². The molecule has 1 saturated heterocycles. The molecule has 1 heterocycles. The van der Waals surface area contributed by atoms with Gasteiger partial charge in [0.25, 0.3) is 5.91 Å². The molecule has 1 unspecified atom stereocenters. The second-order valence-electron chi connectivity index (χ2n) is 6.51. The topological polar surface area (TPSA) is 85.9 Å². The standard InChI is InChI=1S/C19H25F3N2O5/c1-2-27-17(25)11-28-16-7-6-14(29-12-19(20,21)22)9-15(16)18(26)24-10-13-5-3-4-8-23-13/h6-7,9,13,23H,2-5,8,10-12H2,1H3,(H,24,26). The van der Waals surface area contributed by atoms with Crippen LogP contribution in [0.25, 0.3) is 0 Å². The quantitative estimate of drug-likeness (QED) is 0.600. The maximum Gasteiger partial charge on any atom is 0.422 e. The fourth-order valence-electron chi connectivity index (χ4n) is 2.82. The van der Waals surface area contributed by atoms with Crippen LogP contribution in [-0.4, -0.2) is 57.0 Å². The number of esters is 1. The van der Waals surface area contributed by atoms with Crippen LogP contribution in [0.2, 0.25) is 0 Å². The third kappa shape index (κ3) is 8.18. The molecule has 29 heavy (non-hydrogen) atoms. The van der Waals surface area contributed by atoms with Crippen LogP contribution in [0.3, 0.4) is 0 Å². The Morgan fingerprint density at radius 2 is 2.03 bits per heavy atom. The number of amides is 1. The lowest BCUT2D eigenvalue weighted by molar-refractivity contribution is -0.153. The molecule has 10 heteroatoms. The van der Waals surface area contributed by atoms with Gasteiger partial charge in [-0.15, -0.1) is 0 Å². The van der Waals surface area contributed by atoms with Gasteiger partial charge < -0.3 is 24.8 Å². The Bertz CT molecular complexity index is 691. The van der Waals surface area contributed by atoms with Crippen molar-refractivity contribution in [3.05, 3.63) is 23.8 Å². The molecule has 2 rings (SSSR count). The van der Waals surface area contributed by atoms with Gasteiger partial charge in [0.05, 0.1) is 12.2 Å². The van der Waals surface area contributed by atoms with Crippen LogP contribution < -0.4 is 20.1 Å². The Morgan fingerprint density at radius 3 is 2.69 bits per heavy atom. The highest BCUT2D eigenvalue weighted by Gasteiger charge is 2.28. The Balaban J connectivity index is 2.09. The van der Waals surface area contributed by atoms with E-state index >= 15 is 0 Å². The fourth-order valence-corrected chi connectivity index (χ4v) is 2.82. The highest BCUT2D eigenvalue weighted by molar-refractivity contribution is 5.97. The first kappa shape index (κ1) is 22.8. The number of benzene rings is 1. The maximum atomic E-state index is 12.6. The highest BCUT2D eigenvalue weighted by atomic mass is 19.4. The molecule has 1 aromatic rings. The predicted octanol–water partition coefficient (Wildman–Crippen LogP) is 2.44. The minimum absolute atomic E-state index is 0.0233. The lowest BCUT2D eigenvalue weighted by Crippen LogP contribution is -2.43. The van der Waals surface area contributed by atoms with Gasteiger partial charge in [0.1, 0.15) is 11.5 Å². The van der Waals surface area contributed by atoms with E-state index in [1.165, 1.54) is 12.1 Å². The molecular formula is C19H25F3N2O5. The van der Waals surface area contributed by atoms with Crippen molar-refractivity contribution in [2.24, 2.45) is 0 Å². The Kier molecular flexibility index (Phi) is 8.56. The number of carbonyl (C=O) groups excluding carboxylic acids is 2. The number of hydrogen-bond acceptors (Lipinski definition) is 6. The molecule has 1 fully saturated rings. The first-order chi connectivity index (χ1) is 13.8. The van der Waals surface area contributed by atoms with Crippen LogP contribution in [0, 0.1) is 0 Å². The first-order valence-corrected chi connectivity index (χ1v) is 9.42. The summed E-state index contributed by atoms with van der Waals surface area (Å²) in [6.45, 7) is 1.14. The normalized spacial score (nSPS) is 16.8. The minimum atomic E-state index is -4.51. The van der Waals surface area contributed by atoms with Crippen molar-refractivity contribution in [1.82, 2.24) is 10.6 Å². The fraction of sp³-hybridized carbons (Fsp3) is 0.579. The SMILES string of the molecule is CCOC(=O)COc1ccc(OCC(F)(F)F)cc1C(=O)NCC1CCCCN1. The number of hydrogen-bond donors (Lipinski definition) is 2. The molecule has 1 aliphatic heterocycles. The summed E-state index contributed by atoms with van der Waals surface area (Å²) < 4.78 is 52.0. The van der Waals surface area contributed by atoms with Crippen molar-refractivity contribution in [3.63, 3.8) is 0 Å². The maximum absolute atomic E-state index is 12.6. The van der Waals surface area contributed by atoms with Gasteiger partial charge in [0.15, 0.2) is 13.2 Å². The van der Waals surface area contributed by atoms with Crippen LogP contribution in [0.1, 0.15) is 36.5 Å². The van der Waals surface area contributed by atoms with Gasteiger partial charge in [0.2, 0.25) is 0 Å². The predicted molar refractivity (Wildman–Crippen MR) is 98.1 cm³/mol. The van der Waals surface area contributed by atoms with Gasteiger partial charge in [-0.05, 0) is 44.5 Å². The van der Waals surface area contributed by atoms with E-state index < -0.39 is 31.3 Å². The molecule has 0 aromatic heterocycles. The van der Waals surface area contributed by atoms with Crippen LogP contribution in [0.4, 0.5) is 13.2 Å². The zero-order valence-corrected chi connectivity index (χ0v) is 16.1. The van der Waals surface area contributed by atoms with E-state index in [4.69, 9.17) is 14.2 Å². The second-order valence-corrected chi connectivity index (χ2v) is 6.51. The first-order valence-electron chi connectivity index (χ1n) is 9.42. The van der Waals surface area contributed by atoms with Crippen molar-refractivity contribution >= 4 is 11.9 Å². The van der Waals surface area contributed by atoms with Gasteiger partial charge in [-0.3, -0.25) is 4.79 Å². The molecular weight excluding hydrogens is 393 g/mol. The molecule has 7 nitrogen and oxygen atoms in total. The molecule has 0 bridgehead atoms. The van der Waals surface area contributed by atoms with E-state index in [1.54, 1.807) is 6.92 Å². The summed E-state index contributed by atoms with van der Waals surface area (Å²) in [5.74, 6) is -1.24. The monoisotopic (exact) mass is 418 g/mol. The van der Waals surface area contributed by atoms with E-state index in [1.807, 2.05) is 0 Å². The largest absolute Gasteiger partial charge is 0.484 e. The van der Waals surface area contributed by atoms with Gasteiger partial charge in [-0.1, -0.05) is 6.42 Å².